The minimum atomic E-state index is 0.522. The average Bonchev–Trinajstić information content (AvgIpc) is 2.34. The highest BCUT2D eigenvalue weighted by Gasteiger charge is 1.94. The lowest BCUT2D eigenvalue weighted by Crippen LogP contribution is -2.13. The Morgan fingerprint density at radius 3 is 1.65 bits per heavy atom. The number of nitrogens with two attached hydrogens (primary N) is 2. The number of nitrogens with one attached hydrogen (secondary N) is 2. The van der Waals surface area contributed by atoms with Gasteiger partial charge >= 0.3 is 0 Å². The number of hydrogen-bond donors (Lipinski definition) is 4. The molecular formula is C11H14N6. The predicted molar refractivity (Wildman–Crippen MR) is 69.4 cm³/mol. The summed E-state index contributed by atoms with van der Waals surface area (Å²) >= 11 is 0. The van der Waals surface area contributed by atoms with Gasteiger partial charge in [0.1, 0.15) is 11.6 Å². The Labute approximate surface area is 99.1 Å². The van der Waals surface area contributed by atoms with E-state index < -0.39 is 0 Å². The summed E-state index contributed by atoms with van der Waals surface area (Å²) < 4.78 is 0. The number of anilines is 4. The quantitative estimate of drug-likeness (QED) is 0.587. The number of nitrogen functional groups attached to an aromatic ring is 2. The second-order valence-corrected chi connectivity index (χ2v) is 3.48. The molecule has 0 aliphatic rings. The molecule has 0 radical (unpaired) electrons. The summed E-state index contributed by atoms with van der Waals surface area (Å²) in [5, 5.41) is 6.17. The summed E-state index contributed by atoms with van der Waals surface area (Å²) in [5.74, 6) is 1.50. The van der Waals surface area contributed by atoms with E-state index in [1.54, 1.807) is 24.5 Å². The van der Waals surface area contributed by atoms with Gasteiger partial charge in [0.05, 0.1) is 30.4 Å². The Kier molecular flexibility index (Phi) is 3.25. The highest BCUT2D eigenvalue weighted by molar-refractivity contribution is 5.46. The molecule has 0 aromatic carbocycles. The Morgan fingerprint density at radius 1 is 0.824 bits per heavy atom. The van der Waals surface area contributed by atoms with E-state index in [0.29, 0.717) is 18.0 Å². The van der Waals surface area contributed by atoms with Crippen LogP contribution in [0.5, 0.6) is 0 Å². The van der Waals surface area contributed by atoms with Crippen LogP contribution in [-0.4, -0.2) is 16.6 Å². The lowest BCUT2D eigenvalue weighted by molar-refractivity contribution is 1.14. The van der Waals surface area contributed by atoms with E-state index in [0.717, 1.165) is 11.6 Å². The van der Waals surface area contributed by atoms with Gasteiger partial charge in [0.2, 0.25) is 0 Å². The third-order valence-electron chi connectivity index (χ3n) is 2.11. The van der Waals surface area contributed by atoms with E-state index in [2.05, 4.69) is 20.6 Å². The zero-order valence-electron chi connectivity index (χ0n) is 9.22. The topological polar surface area (TPSA) is 102 Å². The normalized spacial score (nSPS) is 9.88. The van der Waals surface area contributed by atoms with Crippen LogP contribution in [0.15, 0.2) is 36.7 Å². The molecule has 2 aromatic rings. The SMILES string of the molecule is Nc1ccc(NCNc2ccc(N)cn2)nc1. The molecule has 6 nitrogen and oxygen atoms in total. The molecule has 0 fully saturated rings. The van der Waals surface area contributed by atoms with Crippen LogP contribution >= 0.6 is 0 Å². The number of hydrogen-bond acceptors (Lipinski definition) is 6. The average molecular weight is 230 g/mol. The summed E-state index contributed by atoms with van der Waals surface area (Å²) in [6, 6.07) is 7.20. The largest absolute Gasteiger partial charge is 0.397 e. The van der Waals surface area contributed by atoms with Crippen molar-refractivity contribution >= 4 is 23.0 Å². The van der Waals surface area contributed by atoms with Crippen molar-refractivity contribution < 1.29 is 0 Å². The van der Waals surface area contributed by atoms with Gasteiger partial charge in [-0.05, 0) is 24.3 Å². The Hall–Kier alpha value is -2.50. The van der Waals surface area contributed by atoms with E-state index in [1.165, 1.54) is 0 Å². The lowest BCUT2D eigenvalue weighted by Gasteiger charge is -2.08. The van der Waals surface area contributed by atoms with Crippen molar-refractivity contribution in [1.29, 1.82) is 0 Å². The zero-order chi connectivity index (χ0) is 12.1. The van der Waals surface area contributed by atoms with Crippen LogP contribution in [0.3, 0.4) is 0 Å². The molecule has 2 rings (SSSR count). The first-order valence-corrected chi connectivity index (χ1v) is 5.15. The molecule has 0 saturated carbocycles. The first kappa shape index (κ1) is 11.0. The van der Waals surface area contributed by atoms with Gasteiger partial charge in [0, 0.05) is 0 Å². The molecule has 2 aromatic heterocycles. The zero-order valence-corrected chi connectivity index (χ0v) is 9.22. The van der Waals surface area contributed by atoms with Gasteiger partial charge in [0.15, 0.2) is 0 Å². The lowest BCUT2D eigenvalue weighted by atomic mass is 10.4. The van der Waals surface area contributed by atoms with E-state index in [4.69, 9.17) is 11.5 Å². The van der Waals surface area contributed by atoms with Crippen molar-refractivity contribution in [2.24, 2.45) is 0 Å². The Morgan fingerprint density at radius 2 is 1.29 bits per heavy atom. The Balaban J connectivity index is 1.83. The van der Waals surface area contributed by atoms with Crippen molar-refractivity contribution in [2.75, 3.05) is 28.8 Å². The highest BCUT2D eigenvalue weighted by Crippen LogP contribution is 2.07. The summed E-state index contributed by atoms with van der Waals surface area (Å²) in [4.78, 5) is 8.21. The molecule has 0 aliphatic carbocycles. The van der Waals surface area contributed by atoms with Crippen LogP contribution in [0.2, 0.25) is 0 Å². The third kappa shape index (κ3) is 3.23. The minimum Gasteiger partial charge on any atom is -0.397 e. The molecule has 0 atom stereocenters. The molecule has 6 N–H and O–H groups in total. The Bertz CT molecular complexity index is 419. The summed E-state index contributed by atoms with van der Waals surface area (Å²) in [7, 11) is 0. The van der Waals surface area contributed by atoms with Gasteiger partial charge in [-0.15, -0.1) is 0 Å². The molecule has 0 amide bonds. The number of nitrogens with zero attached hydrogens (tertiary/aromatic N) is 2. The number of pyridine rings is 2. The maximum atomic E-state index is 5.53. The van der Waals surface area contributed by atoms with Crippen LogP contribution in [0.4, 0.5) is 23.0 Å². The fourth-order valence-electron chi connectivity index (χ4n) is 1.25. The highest BCUT2D eigenvalue weighted by atomic mass is 15.1. The molecule has 0 spiro atoms. The molecule has 88 valence electrons. The molecule has 0 unspecified atom stereocenters. The second-order valence-electron chi connectivity index (χ2n) is 3.48. The first-order valence-electron chi connectivity index (χ1n) is 5.15. The first-order chi connectivity index (χ1) is 8.24. The van der Waals surface area contributed by atoms with Crippen LogP contribution in [0.1, 0.15) is 0 Å². The predicted octanol–water partition coefficient (Wildman–Crippen LogP) is 1.12. The third-order valence-corrected chi connectivity index (χ3v) is 2.11. The van der Waals surface area contributed by atoms with E-state index >= 15 is 0 Å². The summed E-state index contributed by atoms with van der Waals surface area (Å²) in [5.41, 5.74) is 12.4. The molecule has 0 bridgehead atoms. The minimum absolute atomic E-state index is 0.522. The fourth-order valence-corrected chi connectivity index (χ4v) is 1.25. The van der Waals surface area contributed by atoms with Crippen molar-refractivity contribution in [2.45, 2.75) is 0 Å². The molecule has 6 heteroatoms. The number of rotatable bonds is 4. The number of aromatic nitrogens is 2. The van der Waals surface area contributed by atoms with Crippen LogP contribution in [-0.2, 0) is 0 Å². The van der Waals surface area contributed by atoms with E-state index in [9.17, 15) is 0 Å². The maximum absolute atomic E-state index is 5.53. The van der Waals surface area contributed by atoms with Crippen molar-refractivity contribution in [3.05, 3.63) is 36.7 Å². The van der Waals surface area contributed by atoms with Crippen molar-refractivity contribution in [1.82, 2.24) is 9.97 Å². The summed E-state index contributed by atoms with van der Waals surface area (Å²) in [6.45, 7) is 0.522. The van der Waals surface area contributed by atoms with Gasteiger partial charge in [-0.2, -0.15) is 0 Å². The van der Waals surface area contributed by atoms with Gasteiger partial charge in [-0.25, -0.2) is 9.97 Å². The molecule has 0 saturated heterocycles. The second kappa shape index (κ2) is 5.02. The molecule has 2 heterocycles. The monoisotopic (exact) mass is 230 g/mol. The van der Waals surface area contributed by atoms with Gasteiger partial charge in [-0.3, -0.25) is 0 Å². The van der Waals surface area contributed by atoms with Gasteiger partial charge in [0.25, 0.3) is 0 Å². The smallest absolute Gasteiger partial charge is 0.127 e. The van der Waals surface area contributed by atoms with Crippen molar-refractivity contribution in [3.63, 3.8) is 0 Å². The van der Waals surface area contributed by atoms with Gasteiger partial charge < -0.3 is 22.1 Å². The van der Waals surface area contributed by atoms with E-state index in [-0.39, 0.29) is 0 Å². The summed E-state index contributed by atoms with van der Waals surface area (Å²) in [6.07, 6.45) is 3.20. The maximum Gasteiger partial charge on any atom is 0.127 e. The standard InChI is InChI=1S/C11H14N6/c12-8-1-3-10(14-5-8)16-7-17-11-4-2-9(13)6-15-11/h1-6H,7,12-13H2,(H,14,16)(H,15,17). The van der Waals surface area contributed by atoms with Crippen LogP contribution in [0, 0.1) is 0 Å². The van der Waals surface area contributed by atoms with Crippen LogP contribution < -0.4 is 22.1 Å². The van der Waals surface area contributed by atoms with Crippen LogP contribution in [0.25, 0.3) is 0 Å². The molecular weight excluding hydrogens is 216 g/mol. The molecule has 17 heavy (non-hydrogen) atoms. The van der Waals surface area contributed by atoms with E-state index in [1.807, 2.05) is 12.1 Å². The van der Waals surface area contributed by atoms with Gasteiger partial charge in [-0.1, -0.05) is 0 Å². The fraction of sp³-hybridized carbons (Fsp3) is 0.0909. The molecule has 0 aliphatic heterocycles. The van der Waals surface area contributed by atoms with Crippen molar-refractivity contribution in [3.8, 4) is 0 Å².